The summed E-state index contributed by atoms with van der Waals surface area (Å²) in [5, 5.41) is 12.0. The summed E-state index contributed by atoms with van der Waals surface area (Å²) in [5.74, 6) is 3.02. The average Bonchev–Trinajstić information content (AvgIpc) is 0.799. The normalized spacial score (nSPS) is 11.1. The molecule has 0 unspecified atom stereocenters. The SMILES string of the molecule is CCN(CC)C(=O)c1ccc(OC)cc1C.COc1ccc(C(=O)O)c(C)c1.COc1ccc2c(=O)[nH]c(-c3ccc(C(C)(C)C)cc3)cc2c1.COc1ccc2c(Cl)nc(-c3ccc(C(C)(C)C)cc3)cc2c1.COc1ccc2c(Cl)nc(-c3ccc(C(C)(C)C)cc3)cc2c1.O=P(Cl)(Cl)Cl.O=S(Cl)Cl.[C-]#[N+]c1ccc(C(C)(C)C)cc1. The molecule has 0 fully saturated rings. The average molecular weight is 1780 g/mol. The molecule has 12 aromatic rings. The molecule has 9 aromatic carbocycles. The van der Waals surface area contributed by atoms with E-state index < -0.39 is 20.4 Å². The van der Waals surface area contributed by atoms with Crippen LogP contribution in [0.2, 0.25) is 10.3 Å². The maximum absolute atomic E-state index is 12.3. The first-order valence-corrected chi connectivity index (χ1v) is 45.2. The number of aromatic amines is 1. The molecule has 0 spiro atoms. The summed E-state index contributed by atoms with van der Waals surface area (Å²) < 4.78 is 44.5. The molecular formula is C93H103Cl7N5O11PS. The third-order valence-electron chi connectivity index (χ3n) is 18.4. The highest BCUT2D eigenvalue weighted by atomic mass is 36.0. The molecule has 3 heterocycles. The van der Waals surface area contributed by atoms with Crippen molar-refractivity contribution in [3.63, 3.8) is 0 Å². The number of pyridine rings is 3. The number of carboxylic acid groups (broad SMARTS) is 1. The Hall–Kier alpha value is -9.15. The molecule has 25 heteroatoms. The number of nitrogens with one attached hydrogen (secondary N) is 1. The van der Waals surface area contributed by atoms with Gasteiger partial charge in [0.05, 0.1) is 59.1 Å². The number of amides is 1. The maximum atomic E-state index is 12.3. The number of aromatic carboxylic acids is 1. The predicted octanol–water partition coefficient (Wildman–Crippen LogP) is 27.8. The quantitative estimate of drug-likeness (QED) is 0.0507. The molecular weight excluding hydrogens is 1670 g/mol. The summed E-state index contributed by atoms with van der Waals surface area (Å²) in [6.07, 6.45) is 0. The van der Waals surface area contributed by atoms with E-state index in [0.29, 0.717) is 38.3 Å². The van der Waals surface area contributed by atoms with Crippen LogP contribution in [-0.2, 0) is 35.5 Å². The molecule has 16 nitrogen and oxygen atoms in total. The van der Waals surface area contributed by atoms with Gasteiger partial charge in [-0.2, -0.15) is 0 Å². The zero-order chi connectivity index (χ0) is 88.4. The van der Waals surface area contributed by atoms with Gasteiger partial charge in [-0.1, -0.05) is 203 Å². The van der Waals surface area contributed by atoms with Gasteiger partial charge in [-0.3, -0.25) is 14.2 Å². The Morgan fingerprint density at radius 2 is 0.754 bits per heavy atom. The Kier molecular flexibility index (Phi) is 38.2. The predicted molar refractivity (Wildman–Crippen MR) is 496 cm³/mol. The minimum atomic E-state index is -3.22. The smallest absolute Gasteiger partial charge is 0.339 e. The molecule has 3 aromatic heterocycles. The second-order valence-electron chi connectivity index (χ2n) is 30.9. The summed E-state index contributed by atoms with van der Waals surface area (Å²) in [6, 6.07) is 66.8. The van der Waals surface area contributed by atoms with Crippen LogP contribution in [0.1, 0.15) is 151 Å². The number of H-pyrrole nitrogens is 1. The Morgan fingerprint density at radius 3 is 1.05 bits per heavy atom. The lowest BCUT2D eigenvalue weighted by atomic mass is 9.86. The summed E-state index contributed by atoms with van der Waals surface area (Å²) in [4.78, 5) is 52.2. The van der Waals surface area contributed by atoms with Gasteiger partial charge in [0, 0.05) is 73.0 Å². The molecule has 0 atom stereocenters. The van der Waals surface area contributed by atoms with E-state index in [9.17, 15) is 18.9 Å². The van der Waals surface area contributed by atoms with Crippen LogP contribution < -0.4 is 29.2 Å². The van der Waals surface area contributed by atoms with Crippen LogP contribution in [0.3, 0.4) is 0 Å². The van der Waals surface area contributed by atoms with Gasteiger partial charge in [-0.25, -0.2) is 23.8 Å². The van der Waals surface area contributed by atoms with E-state index >= 15 is 0 Å². The third kappa shape index (κ3) is 31.2. The van der Waals surface area contributed by atoms with Crippen molar-refractivity contribution in [2.45, 2.75) is 132 Å². The first kappa shape index (κ1) is 99.4. The van der Waals surface area contributed by atoms with Crippen molar-refractivity contribution >= 4 is 143 Å². The number of benzene rings is 9. The van der Waals surface area contributed by atoms with Crippen LogP contribution in [0.25, 0.3) is 70.9 Å². The van der Waals surface area contributed by atoms with Gasteiger partial charge in [-0.05, 0) is 247 Å². The van der Waals surface area contributed by atoms with Gasteiger partial charge in [0.2, 0.25) is 9.23 Å². The number of hydrogen-bond acceptors (Lipinski definition) is 12. The highest BCUT2D eigenvalue weighted by molar-refractivity contribution is 8.26. The molecule has 0 radical (unpaired) electrons. The summed E-state index contributed by atoms with van der Waals surface area (Å²) in [7, 11) is 15.5. The first-order valence-electron chi connectivity index (χ1n) is 37.3. The number of carboxylic acids is 1. The molecule has 118 heavy (non-hydrogen) atoms. The summed E-state index contributed by atoms with van der Waals surface area (Å²) in [5.41, 5.74) is 14.8. The van der Waals surface area contributed by atoms with Gasteiger partial charge in [-0.15, -0.1) is 0 Å². The van der Waals surface area contributed by atoms with Gasteiger partial charge < -0.3 is 38.7 Å². The molecule has 626 valence electrons. The maximum Gasteiger partial charge on any atom is 0.339 e. The topological polar surface area (TPSA) is 201 Å². The van der Waals surface area contributed by atoms with E-state index in [1.807, 2.05) is 117 Å². The molecule has 2 N–H and O–H groups in total. The monoisotopic (exact) mass is 1770 g/mol. The zero-order valence-electron chi connectivity index (χ0n) is 70.4. The Labute approximate surface area is 730 Å². The van der Waals surface area contributed by atoms with Crippen LogP contribution in [0.15, 0.2) is 211 Å². The van der Waals surface area contributed by atoms with Crippen molar-refractivity contribution in [1.82, 2.24) is 19.9 Å². The fraction of sp³-hybridized carbons (Fsp3) is 0.290. The largest absolute Gasteiger partial charge is 0.497 e. The highest BCUT2D eigenvalue weighted by Crippen LogP contribution is 2.61. The summed E-state index contributed by atoms with van der Waals surface area (Å²) >= 11 is 26.6. The van der Waals surface area contributed by atoms with Gasteiger partial charge in [0.25, 0.3) is 11.5 Å². The Morgan fingerprint density at radius 1 is 0.466 bits per heavy atom. The molecule has 0 bridgehead atoms. The van der Waals surface area contributed by atoms with Gasteiger partial charge >= 0.3 is 11.2 Å². The molecule has 0 aliphatic rings. The number of aromatic nitrogens is 3. The number of fused-ring (bicyclic) bond motifs is 3. The van der Waals surface area contributed by atoms with E-state index in [0.717, 1.165) is 108 Å². The second kappa shape index (κ2) is 45.3. The number of ether oxygens (including phenoxy) is 5. The van der Waals surface area contributed by atoms with Gasteiger partial charge in [0.1, 0.15) is 39.1 Å². The number of rotatable bonds is 12. The van der Waals surface area contributed by atoms with E-state index in [1.165, 1.54) is 28.3 Å². The van der Waals surface area contributed by atoms with Crippen molar-refractivity contribution in [2.75, 3.05) is 48.6 Å². The fourth-order valence-corrected chi connectivity index (χ4v) is 12.1. The number of carbonyl (C=O) groups excluding carboxylic acids is 1. The fourth-order valence-electron chi connectivity index (χ4n) is 11.6. The minimum absolute atomic E-state index is 0.0833. The van der Waals surface area contributed by atoms with Crippen LogP contribution in [0.4, 0.5) is 5.69 Å². The van der Waals surface area contributed by atoms with E-state index in [1.54, 1.807) is 66.7 Å². The molecule has 1 amide bonds. The molecule has 0 aliphatic carbocycles. The van der Waals surface area contributed by atoms with Crippen molar-refractivity contribution in [3.05, 3.63) is 283 Å². The third-order valence-corrected chi connectivity index (χ3v) is 19.0. The molecule has 12 rings (SSSR count). The second-order valence-corrected chi connectivity index (χ2v) is 40.7. The number of halogens is 7. The lowest BCUT2D eigenvalue weighted by Crippen LogP contribution is -2.30. The van der Waals surface area contributed by atoms with Crippen molar-refractivity contribution in [1.29, 1.82) is 0 Å². The van der Waals surface area contributed by atoms with E-state index in [4.69, 9.17) is 62.8 Å². The highest BCUT2D eigenvalue weighted by Gasteiger charge is 2.20. The van der Waals surface area contributed by atoms with Crippen molar-refractivity contribution in [3.8, 4) is 62.5 Å². The molecule has 0 aliphatic heterocycles. The number of nitrogens with zero attached hydrogens (tertiary/aromatic N) is 4. The lowest BCUT2D eigenvalue weighted by molar-refractivity contribution is 0.0694. The first-order chi connectivity index (χ1) is 55.2. The van der Waals surface area contributed by atoms with Crippen LogP contribution in [0, 0.1) is 20.4 Å². The van der Waals surface area contributed by atoms with Crippen molar-refractivity contribution < 1.29 is 47.2 Å². The Bertz CT molecular complexity index is 5380. The lowest BCUT2D eigenvalue weighted by Gasteiger charge is -2.19. The van der Waals surface area contributed by atoms with Gasteiger partial charge in [0.15, 0.2) is 5.69 Å². The van der Waals surface area contributed by atoms with Crippen molar-refractivity contribution in [2.24, 2.45) is 0 Å². The number of hydrogen-bond donors (Lipinski definition) is 2. The minimum Gasteiger partial charge on any atom is -0.497 e. The Balaban J connectivity index is 0.000000251. The molecule has 0 saturated heterocycles. The van der Waals surface area contributed by atoms with Crippen LogP contribution >= 0.6 is 83.5 Å². The molecule has 0 saturated carbocycles. The number of methoxy groups -OCH3 is 5. The standard InChI is InChI=1S/2C20H20ClNO.C20H21NO2.C13H19NO2.C11H13N.C9H10O3.Cl3OP.Cl2OS/c2*1-20(2,3)15-7-5-13(6-8-15)18-12-14-11-16(23-4)9-10-17(14)19(21)22-18;1-20(2,3)15-7-5-13(6-8-15)18-12-14-11-16(23-4)9-10-17(14)19(22)21-18;1-5-14(6-2)13(15)12-8-7-11(16-4)9-10(12)3;1-11(2,3)9-5-7-10(12-4)8-6-9;1-6-5-7(12-2)3-4-8(6)9(10)11;1-5(2,3)4;1-4(2)3/h2*5-12H,1-4H3;5-12H,1-4H3,(H,21,22);7-9H,5-6H2,1-4H3;5-8H,1-3H3;3-5H,1-2H3,(H,10,11);;. The number of carbonyl (C=O) groups is 2. The van der Waals surface area contributed by atoms with E-state index in [2.05, 4.69) is 243 Å². The zero-order valence-corrected chi connectivity index (χ0v) is 77.4. The number of aryl methyl sites for hydroxylation is 2. The van der Waals surface area contributed by atoms with Crippen LogP contribution in [0.5, 0.6) is 28.7 Å². The summed E-state index contributed by atoms with van der Waals surface area (Å²) in [6.45, 7) is 42.2. The van der Waals surface area contributed by atoms with Crippen LogP contribution in [-0.4, -0.2) is 89.7 Å². The van der Waals surface area contributed by atoms with E-state index in [-0.39, 0.29) is 33.1 Å².